The molecule has 2 aromatic carbocycles. The minimum Gasteiger partial charge on any atom is -0.399 e. The standard InChI is InChI=1S/C26H32BNO4/c1-18-23(22(12-9-17-29)19-10-7-6-8-11-19)24(30-28-18)20-13-15-21(16-14-20)27-31-25(2,3)26(4,5)32-27/h6-8,10-11,13-16,22,29H,9,12,17H2,1-5H3. The third-order valence-electron chi connectivity index (χ3n) is 6.81. The first kappa shape index (κ1) is 22.8. The third-order valence-corrected chi connectivity index (χ3v) is 6.81. The lowest BCUT2D eigenvalue weighted by Gasteiger charge is -2.32. The van der Waals surface area contributed by atoms with Gasteiger partial charge in [0.25, 0.3) is 0 Å². The molecule has 2 heterocycles. The van der Waals surface area contributed by atoms with Crippen molar-refractivity contribution in [1.29, 1.82) is 0 Å². The molecule has 1 aliphatic heterocycles. The van der Waals surface area contributed by atoms with Crippen LogP contribution in [-0.2, 0) is 9.31 Å². The van der Waals surface area contributed by atoms with Crippen LogP contribution in [0.1, 0.15) is 63.3 Å². The van der Waals surface area contributed by atoms with Crippen molar-refractivity contribution < 1.29 is 18.9 Å². The lowest BCUT2D eigenvalue weighted by Crippen LogP contribution is -2.41. The molecule has 32 heavy (non-hydrogen) atoms. The Labute approximate surface area is 190 Å². The van der Waals surface area contributed by atoms with E-state index in [1.165, 1.54) is 5.56 Å². The molecule has 0 amide bonds. The minimum atomic E-state index is -0.397. The van der Waals surface area contributed by atoms with Crippen molar-refractivity contribution in [3.05, 3.63) is 71.4 Å². The maximum Gasteiger partial charge on any atom is 0.494 e. The van der Waals surface area contributed by atoms with Gasteiger partial charge in [-0.05, 0) is 58.5 Å². The first-order chi connectivity index (χ1) is 15.2. The second kappa shape index (κ2) is 8.85. The van der Waals surface area contributed by atoms with Crippen LogP contribution in [0.5, 0.6) is 0 Å². The Bertz CT molecular complexity index is 1030. The number of benzene rings is 2. The molecule has 6 heteroatoms. The molecule has 0 radical (unpaired) electrons. The molecule has 1 N–H and O–H groups in total. The molecule has 0 spiro atoms. The van der Waals surface area contributed by atoms with Crippen molar-refractivity contribution in [1.82, 2.24) is 5.16 Å². The Morgan fingerprint density at radius 1 is 0.938 bits per heavy atom. The molecule has 1 atom stereocenters. The summed E-state index contributed by atoms with van der Waals surface area (Å²) in [6.45, 7) is 10.4. The average molecular weight is 433 g/mol. The van der Waals surface area contributed by atoms with Crippen LogP contribution in [0, 0.1) is 6.92 Å². The first-order valence-corrected chi connectivity index (χ1v) is 11.3. The van der Waals surface area contributed by atoms with Gasteiger partial charge in [0, 0.05) is 23.7 Å². The molecule has 3 aromatic rings. The highest BCUT2D eigenvalue weighted by Crippen LogP contribution is 2.39. The normalized spacial score (nSPS) is 18.1. The number of aliphatic hydroxyl groups is 1. The van der Waals surface area contributed by atoms with Crippen LogP contribution in [-0.4, -0.2) is 35.2 Å². The van der Waals surface area contributed by atoms with Gasteiger partial charge in [0.05, 0.1) is 16.9 Å². The zero-order valence-electron chi connectivity index (χ0n) is 19.6. The highest BCUT2D eigenvalue weighted by molar-refractivity contribution is 6.62. The van der Waals surface area contributed by atoms with Crippen LogP contribution >= 0.6 is 0 Å². The minimum absolute atomic E-state index is 0.104. The fraction of sp³-hybridized carbons (Fsp3) is 0.423. The van der Waals surface area contributed by atoms with Gasteiger partial charge >= 0.3 is 7.12 Å². The number of rotatable bonds is 7. The number of aromatic nitrogens is 1. The molecule has 4 rings (SSSR count). The van der Waals surface area contributed by atoms with E-state index in [4.69, 9.17) is 13.8 Å². The molecule has 1 aromatic heterocycles. The van der Waals surface area contributed by atoms with E-state index < -0.39 is 7.12 Å². The summed E-state index contributed by atoms with van der Waals surface area (Å²) < 4.78 is 18.2. The summed E-state index contributed by atoms with van der Waals surface area (Å²) in [5.74, 6) is 0.877. The molecule has 0 aliphatic carbocycles. The fourth-order valence-corrected chi connectivity index (χ4v) is 4.22. The maximum absolute atomic E-state index is 9.46. The van der Waals surface area contributed by atoms with E-state index in [1.54, 1.807) is 0 Å². The topological polar surface area (TPSA) is 64.7 Å². The Hall–Kier alpha value is -2.41. The van der Waals surface area contributed by atoms with Crippen molar-refractivity contribution in [3.8, 4) is 11.3 Å². The van der Waals surface area contributed by atoms with E-state index in [9.17, 15) is 5.11 Å². The van der Waals surface area contributed by atoms with Crippen LogP contribution in [0.3, 0.4) is 0 Å². The van der Waals surface area contributed by atoms with E-state index >= 15 is 0 Å². The van der Waals surface area contributed by atoms with E-state index in [0.717, 1.165) is 34.5 Å². The van der Waals surface area contributed by atoms with Crippen molar-refractivity contribution >= 4 is 12.6 Å². The molecular weight excluding hydrogens is 401 g/mol. The summed E-state index contributed by atoms with van der Waals surface area (Å²) in [6, 6.07) is 18.5. The monoisotopic (exact) mass is 433 g/mol. The number of hydrogen-bond donors (Lipinski definition) is 1. The van der Waals surface area contributed by atoms with Gasteiger partial charge < -0.3 is 18.9 Å². The van der Waals surface area contributed by atoms with Gasteiger partial charge in [-0.15, -0.1) is 0 Å². The molecule has 1 unspecified atom stereocenters. The summed E-state index contributed by atoms with van der Waals surface area (Å²) >= 11 is 0. The summed E-state index contributed by atoms with van der Waals surface area (Å²) in [5.41, 5.74) is 4.34. The third kappa shape index (κ3) is 4.27. The van der Waals surface area contributed by atoms with Crippen LogP contribution < -0.4 is 5.46 Å². The number of aliphatic hydroxyl groups excluding tert-OH is 1. The zero-order valence-corrected chi connectivity index (χ0v) is 19.6. The zero-order chi connectivity index (χ0) is 22.9. The molecular formula is C26H32BNO4. The summed E-state index contributed by atoms with van der Waals surface area (Å²) in [7, 11) is -0.397. The van der Waals surface area contributed by atoms with Crippen LogP contribution in [0.15, 0.2) is 59.1 Å². The second-order valence-electron chi connectivity index (χ2n) is 9.55. The molecule has 0 bridgehead atoms. The molecule has 0 saturated carbocycles. The highest BCUT2D eigenvalue weighted by atomic mass is 16.7. The Kier molecular flexibility index (Phi) is 6.30. The lowest BCUT2D eigenvalue weighted by atomic mass is 9.78. The van der Waals surface area contributed by atoms with Crippen molar-refractivity contribution in [2.75, 3.05) is 6.61 Å². The predicted molar refractivity (Wildman–Crippen MR) is 127 cm³/mol. The van der Waals surface area contributed by atoms with E-state index in [-0.39, 0.29) is 23.7 Å². The summed E-state index contributed by atoms with van der Waals surface area (Å²) in [5, 5.41) is 13.8. The molecule has 168 valence electrons. The fourth-order valence-electron chi connectivity index (χ4n) is 4.22. The summed E-state index contributed by atoms with van der Waals surface area (Å²) in [4.78, 5) is 0. The Balaban J connectivity index is 1.66. The largest absolute Gasteiger partial charge is 0.494 e. The first-order valence-electron chi connectivity index (χ1n) is 11.3. The Morgan fingerprint density at radius 3 is 2.16 bits per heavy atom. The highest BCUT2D eigenvalue weighted by Gasteiger charge is 2.51. The van der Waals surface area contributed by atoms with Crippen molar-refractivity contribution in [2.45, 2.75) is 64.6 Å². The van der Waals surface area contributed by atoms with Gasteiger partial charge in [-0.2, -0.15) is 0 Å². The summed E-state index contributed by atoms with van der Waals surface area (Å²) in [6.07, 6.45) is 1.53. The molecule has 5 nitrogen and oxygen atoms in total. The number of nitrogens with zero attached hydrogens (tertiary/aromatic N) is 1. The Morgan fingerprint density at radius 2 is 1.56 bits per heavy atom. The van der Waals surface area contributed by atoms with Gasteiger partial charge in [-0.1, -0.05) is 59.8 Å². The second-order valence-corrected chi connectivity index (χ2v) is 9.55. The van der Waals surface area contributed by atoms with Crippen molar-refractivity contribution in [2.24, 2.45) is 0 Å². The number of hydrogen-bond acceptors (Lipinski definition) is 5. The van der Waals surface area contributed by atoms with E-state index in [1.807, 2.05) is 49.4 Å². The molecule has 1 fully saturated rings. The van der Waals surface area contributed by atoms with Crippen LogP contribution in [0.4, 0.5) is 0 Å². The number of aryl methyl sites for hydroxylation is 1. The maximum atomic E-state index is 9.46. The quantitative estimate of drug-likeness (QED) is 0.540. The smallest absolute Gasteiger partial charge is 0.399 e. The predicted octanol–water partition coefficient (Wildman–Crippen LogP) is 4.85. The van der Waals surface area contributed by atoms with E-state index in [0.29, 0.717) is 6.42 Å². The van der Waals surface area contributed by atoms with Gasteiger partial charge in [-0.25, -0.2) is 0 Å². The van der Waals surface area contributed by atoms with Crippen LogP contribution in [0.2, 0.25) is 0 Å². The van der Waals surface area contributed by atoms with Crippen LogP contribution in [0.25, 0.3) is 11.3 Å². The van der Waals surface area contributed by atoms with Gasteiger partial charge in [0.2, 0.25) is 0 Å². The molecule has 1 saturated heterocycles. The lowest BCUT2D eigenvalue weighted by molar-refractivity contribution is 0.00578. The average Bonchev–Trinajstić information content (AvgIpc) is 3.25. The SMILES string of the molecule is Cc1noc(-c2ccc(B3OC(C)(C)C(C)(C)O3)cc2)c1C(CCCO)c1ccccc1. The van der Waals surface area contributed by atoms with Crippen molar-refractivity contribution in [3.63, 3.8) is 0 Å². The van der Waals surface area contributed by atoms with E-state index in [2.05, 4.69) is 45.0 Å². The van der Waals surface area contributed by atoms with Gasteiger partial charge in [0.1, 0.15) is 0 Å². The van der Waals surface area contributed by atoms with Gasteiger partial charge in [0.15, 0.2) is 5.76 Å². The van der Waals surface area contributed by atoms with Gasteiger partial charge in [-0.3, -0.25) is 0 Å². The molecule has 1 aliphatic rings.